The maximum atomic E-state index is 13.4. The highest BCUT2D eigenvalue weighted by atomic mass is 35.5. The second kappa shape index (κ2) is 13.9. The van der Waals surface area contributed by atoms with Gasteiger partial charge in [-0.15, -0.1) is 0 Å². The van der Waals surface area contributed by atoms with Crippen molar-refractivity contribution < 1.29 is 18.0 Å². The van der Waals surface area contributed by atoms with Gasteiger partial charge in [-0.3, -0.25) is 13.9 Å². The van der Waals surface area contributed by atoms with Gasteiger partial charge in [0.05, 0.1) is 17.0 Å². The Kier molecular flexibility index (Phi) is 11.8. The zero-order valence-electron chi connectivity index (χ0n) is 21.1. The Hall–Kier alpha value is -1.71. The maximum Gasteiger partial charge on any atom is 0.242 e. The zero-order valence-corrected chi connectivity index (χ0v) is 24.9. The van der Waals surface area contributed by atoms with Gasteiger partial charge >= 0.3 is 0 Å². The van der Waals surface area contributed by atoms with E-state index < -0.39 is 16.1 Å². The van der Waals surface area contributed by atoms with E-state index in [2.05, 4.69) is 5.32 Å². The molecule has 1 N–H and O–H groups in total. The molecule has 204 valence electrons. The van der Waals surface area contributed by atoms with Crippen molar-refractivity contribution >= 4 is 73.9 Å². The maximum absolute atomic E-state index is 13.4. The summed E-state index contributed by atoms with van der Waals surface area (Å²) >= 11 is 25.0. The predicted octanol–water partition coefficient (Wildman–Crippen LogP) is 6.18. The van der Waals surface area contributed by atoms with E-state index in [1.165, 1.54) is 17.0 Å². The fourth-order valence-corrected chi connectivity index (χ4v) is 5.48. The Bertz CT molecular complexity index is 1210. The molecular formula is C25H31Cl4N3O4S. The summed E-state index contributed by atoms with van der Waals surface area (Å²) in [4.78, 5) is 27.7. The number of carbonyl (C=O) groups excluding carboxylic acids is 2. The summed E-state index contributed by atoms with van der Waals surface area (Å²) in [5.41, 5.74) is 0.746. The van der Waals surface area contributed by atoms with Crippen molar-refractivity contribution in [3.8, 4) is 0 Å². The summed E-state index contributed by atoms with van der Waals surface area (Å²) in [5.74, 6) is -0.664. The Morgan fingerprint density at radius 3 is 2.19 bits per heavy atom. The van der Waals surface area contributed by atoms with Gasteiger partial charge in [-0.25, -0.2) is 8.42 Å². The number of hydrogen-bond acceptors (Lipinski definition) is 4. The quantitative estimate of drug-likeness (QED) is 0.311. The average molecular weight is 611 g/mol. The minimum Gasteiger partial charge on any atom is -0.352 e. The molecule has 2 rings (SSSR count). The molecule has 0 aliphatic heterocycles. The van der Waals surface area contributed by atoms with E-state index in [0.717, 1.165) is 17.0 Å². The minimum absolute atomic E-state index is 0.0151. The highest BCUT2D eigenvalue weighted by molar-refractivity contribution is 7.92. The van der Waals surface area contributed by atoms with Crippen LogP contribution in [0.15, 0.2) is 36.4 Å². The summed E-state index contributed by atoms with van der Waals surface area (Å²) < 4.78 is 26.1. The topological polar surface area (TPSA) is 86.8 Å². The first-order valence-corrected chi connectivity index (χ1v) is 15.1. The number of benzene rings is 2. The fourth-order valence-electron chi connectivity index (χ4n) is 3.56. The summed E-state index contributed by atoms with van der Waals surface area (Å²) in [5, 5.41) is 4.18. The molecule has 2 amide bonds. The van der Waals surface area contributed by atoms with Crippen LogP contribution in [0.3, 0.4) is 0 Å². The van der Waals surface area contributed by atoms with Crippen LogP contribution < -0.4 is 9.62 Å². The van der Waals surface area contributed by atoms with Crippen LogP contribution in [-0.2, 0) is 26.2 Å². The number of rotatable bonds is 12. The highest BCUT2D eigenvalue weighted by Gasteiger charge is 2.28. The Morgan fingerprint density at radius 2 is 1.62 bits per heavy atom. The number of sulfonamides is 1. The molecule has 0 fully saturated rings. The van der Waals surface area contributed by atoms with Gasteiger partial charge in [-0.2, -0.15) is 0 Å². The van der Waals surface area contributed by atoms with Crippen LogP contribution in [0.2, 0.25) is 20.1 Å². The van der Waals surface area contributed by atoms with Crippen molar-refractivity contribution in [2.75, 3.05) is 17.1 Å². The van der Waals surface area contributed by atoms with Crippen molar-refractivity contribution in [2.45, 2.75) is 58.7 Å². The van der Waals surface area contributed by atoms with E-state index in [4.69, 9.17) is 46.4 Å². The number of nitrogens with zero attached hydrogens (tertiary/aromatic N) is 2. The van der Waals surface area contributed by atoms with Crippen LogP contribution in [0.25, 0.3) is 0 Å². The number of amides is 2. The molecule has 0 aromatic heterocycles. The first-order valence-electron chi connectivity index (χ1n) is 11.7. The zero-order chi connectivity index (χ0) is 27.9. The van der Waals surface area contributed by atoms with E-state index in [0.29, 0.717) is 20.6 Å². The van der Waals surface area contributed by atoms with E-state index >= 15 is 0 Å². The smallest absolute Gasteiger partial charge is 0.242 e. The number of anilines is 1. The fraction of sp³-hybridized carbons (Fsp3) is 0.440. The SMILES string of the molecule is CC[C@@H](C)NC(=O)[C@@H](C)N(Cc1c(Cl)cccc1Cl)C(=O)CCCN(c1cc(Cl)ccc1Cl)S(C)(=O)=O. The standard InChI is InChI=1S/C25H31Cl4N3O4S/c1-5-16(2)30-25(34)17(3)31(15-19-20(27)8-6-9-21(19)28)24(33)10-7-13-32(37(4,35)36)23-14-18(26)11-12-22(23)29/h6,8-9,11-12,14,16-17H,5,7,10,13,15H2,1-4H3,(H,30,34)/t16-,17-/m1/s1. The van der Waals surface area contributed by atoms with Gasteiger partial charge in [0, 0.05) is 46.2 Å². The molecule has 2 atom stereocenters. The van der Waals surface area contributed by atoms with Crippen LogP contribution in [0.1, 0.15) is 45.6 Å². The molecule has 7 nitrogen and oxygen atoms in total. The van der Waals surface area contributed by atoms with E-state index in [-0.39, 0.29) is 54.5 Å². The molecule has 2 aromatic rings. The number of hydrogen-bond donors (Lipinski definition) is 1. The van der Waals surface area contributed by atoms with Gasteiger partial charge in [0.15, 0.2) is 0 Å². The third-order valence-corrected chi connectivity index (χ3v) is 8.33. The van der Waals surface area contributed by atoms with Crippen LogP contribution >= 0.6 is 46.4 Å². The molecule has 0 radical (unpaired) electrons. The summed E-state index contributed by atoms with van der Waals surface area (Å²) in [6, 6.07) is 8.65. The molecule has 2 aromatic carbocycles. The van der Waals surface area contributed by atoms with Crippen LogP contribution in [0.4, 0.5) is 5.69 Å². The first-order chi connectivity index (χ1) is 17.3. The lowest BCUT2D eigenvalue weighted by Gasteiger charge is -2.30. The molecule has 0 aliphatic carbocycles. The summed E-state index contributed by atoms with van der Waals surface area (Å²) in [7, 11) is -3.72. The predicted molar refractivity (Wildman–Crippen MR) is 152 cm³/mol. The van der Waals surface area contributed by atoms with Gasteiger partial charge in [0.1, 0.15) is 6.04 Å². The van der Waals surface area contributed by atoms with Crippen molar-refractivity contribution in [1.29, 1.82) is 0 Å². The third kappa shape index (κ3) is 8.93. The number of halogens is 4. The van der Waals surface area contributed by atoms with Gasteiger partial charge in [0.25, 0.3) is 0 Å². The van der Waals surface area contributed by atoms with E-state index in [1.807, 2.05) is 13.8 Å². The molecule has 0 spiro atoms. The normalized spacial score (nSPS) is 13.1. The Balaban J connectivity index is 2.26. The van der Waals surface area contributed by atoms with Crippen LogP contribution in [-0.4, -0.2) is 50.0 Å². The Morgan fingerprint density at radius 1 is 1.00 bits per heavy atom. The van der Waals surface area contributed by atoms with Crippen molar-refractivity contribution in [1.82, 2.24) is 10.2 Å². The summed E-state index contributed by atoms with van der Waals surface area (Å²) in [6.07, 6.45) is 1.92. The van der Waals surface area contributed by atoms with Gasteiger partial charge < -0.3 is 10.2 Å². The first kappa shape index (κ1) is 31.5. The van der Waals surface area contributed by atoms with Gasteiger partial charge in [-0.1, -0.05) is 59.4 Å². The number of carbonyl (C=O) groups is 2. The molecule has 0 heterocycles. The van der Waals surface area contributed by atoms with E-state index in [9.17, 15) is 18.0 Å². The van der Waals surface area contributed by atoms with Crippen molar-refractivity contribution in [2.24, 2.45) is 0 Å². The lowest BCUT2D eigenvalue weighted by Crippen LogP contribution is -2.49. The Labute approximate surface area is 239 Å². The third-order valence-electron chi connectivity index (χ3n) is 5.89. The highest BCUT2D eigenvalue weighted by Crippen LogP contribution is 2.31. The largest absolute Gasteiger partial charge is 0.352 e. The molecule has 12 heteroatoms. The van der Waals surface area contributed by atoms with Crippen molar-refractivity contribution in [3.63, 3.8) is 0 Å². The average Bonchev–Trinajstić information content (AvgIpc) is 2.82. The lowest BCUT2D eigenvalue weighted by atomic mass is 10.1. The molecule has 37 heavy (non-hydrogen) atoms. The molecule has 0 unspecified atom stereocenters. The minimum atomic E-state index is -3.72. The van der Waals surface area contributed by atoms with Gasteiger partial charge in [0.2, 0.25) is 21.8 Å². The second-order valence-corrected chi connectivity index (χ2v) is 12.3. The number of nitrogens with one attached hydrogen (secondary N) is 1. The lowest BCUT2D eigenvalue weighted by molar-refractivity contribution is -0.140. The van der Waals surface area contributed by atoms with Crippen molar-refractivity contribution in [3.05, 3.63) is 62.1 Å². The molecular weight excluding hydrogens is 580 g/mol. The van der Waals surface area contributed by atoms with Crippen LogP contribution in [0, 0.1) is 0 Å². The summed E-state index contributed by atoms with van der Waals surface area (Å²) in [6.45, 7) is 5.46. The monoisotopic (exact) mass is 609 g/mol. The van der Waals surface area contributed by atoms with E-state index in [1.54, 1.807) is 31.2 Å². The van der Waals surface area contributed by atoms with Gasteiger partial charge in [-0.05, 0) is 57.0 Å². The molecule has 0 aliphatic rings. The molecule has 0 saturated carbocycles. The molecule has 0 bridgehead atoms. The molecule has 0 saturated heterocycles. The van der Waals surface area contributed by atoms with Crippen LogP contribution in [0.5, 0.6) is 0 Å². The second-order valence-electron chi connectivity index (χ2n) is 8.75.